The van der Waals surface area contributed by atoms with Crippen molar-refractivity contribution in [3.63, 3.8) is 0 Å². The predicted octanol–water partition coefficient (Wildman–Crippen LogP) is 3.81. The predicted molar refractivity (Wildman–Crippen MR) is 69.8 cm³/mol. The van der Waals surface area contributed by atoms with Crippen molar-refractivity contribution in [3.8, 4) is 0 Å². The number of rotatable bonds is 3. The molecule has 0 radical (unpaired) electrons. The molecule has 1 aromatic rings. The average molecular weight is 304 g/mol. The number of alkyl halides is 1. The second-order valence-corrected chi connectivity index (χ2v) is 4.06. The molecule has 0 atom stereocenters. The molecule has 0 bridgehead atoms. The van der Waals surface area contributed by atoms with E-state index in [-0.39, 0.29) is 5.97 Å². The van der Waals surface area contributed by atoms with E-state index in [1.165, 1.54) is 7.11 Å². The van der Waals surface area contributed by atoms with Crippen molar-refractivity contribution >= 4 is 39.1 Å². The Bertz CT molecular complexity index is 427. The molecule has 0 saturated heterocycles. The smallest absolute Gasteiger partial charge is 0.338 e. The highest BCUT2D eigenvalue weighted by Crippen LogP contribution is 2.28. The van der Waals surface area contributed by atoms with Gasteiger partial charge in [-0.2, -0.15) is 0 Å². The normalized spacial score (nSPS) is 11.4. The lowest BCUT2D eigenvalue weighted by atomic mass is 10.0. The highest BCUT2D eigenvalue weighted by atomic mass is 79.9. The minimum absolute atomic E-state index is 0.355. The topological polar surface area (TPSA) is 26.3 Å². The largest absolute Gasteiger partial charge is 0.465 e. The lowest BCUT2D eigenvalue weighted by molar-refractivity contribution is -0.133. The van der Waals surface area contributed by atoms with E-state index in [0.717, 1.165) is 11.1 Å². The van der Waals surface area contributed by atoms with Crippen LogP contribution in [0.15, 0.2) is 24.3 Å². The van der Waals surface area contributed by atoms with Crippen LogP contribution in [0, 0.1) is 0 Å². The molecular weight excluding hydrogens is 291 g/mol. The van der Waals surface area contributed by atoms with Crippen LogP contribution in [0.4, 0.5) is 0 Å². The summed E-state index contributed by atoms with van der Waals surface area (Å²) in [6.45, 7) is 1.80. The Balaban J connectivity index is 3.31. The van der Waals surface area contributed by atoms with Crippen LogP contribution in [-0.4, -0.2) is 13.1 Å². The van der Waals surface area contributed by atoms with Crippen LogP contribution in [0.3, 0.4) is 0 Å². The van der Waals surface area contributed by atoms with Gasteiger partial charge in [0.1, 0.15) is 0 Å². The number of allylic oxidation sites excluding steroid dienone is 1. The number of esters is 1. The molecule has 0 heterocycles. The number of halogens is 2. The van der Waals surface area contributed by atoms with Gasteiger partial charge >= 0.3 is 5.97 Å². The molecule has 0 aliphatic carbocycles. The molecule has 2 nitrogen and oxygen atoms in total. The van der Waals surface area contributed by atoms with Gasteiger partial charge in [0, 0.05) is 10.4 Å². The van der Waals surface area contributed by atoms with Crippen molar-refractivity contribution < 1.29 is 9.53 Å². The number of hydrogen-bond acceptors (Lipinski definition) is 2. The van der Waals surface area contributed by atoms with Gasteiger partial charge in [-0.3, -0.25) is 0 Å². The van der Waals surface area contributed by atoms with E-state index in [9.17, 15) is 4.79 Å². The molecule has 0 fully saturated rings. The lowest BCUT2D eigenvalue weighted by Gasteiger charge is -2.10. The van der Waals surface area contributed by atoms with Crippen LogP contribution in [-0.2, 0) is 14.9 Å². The molecule has 0 N–H and O–H groups in total. The molecule has 1 aromatic carbocycles. The van der Waals surface area contributed by atoms with Crippen molar-refractivity contribution in [1.82, 2.24) is 0 Å². The Hall–Kier alpha value is -0.800. The molecule has 0 spiro atoms. The van der Waals surface area contributed by atoms with Crippen molar-refractivity contribution in [2.24, 2.45) is 0 Å². The van der Waals surface area contributed by atoms with E-state index < -0.39 is 0 Å². The third kappa shape index (κ3) is 2.66. The van der Waals surface area contributed by atoms with Crippen molar-refractivity contribution in [1.29, 1.82) is 0 Å². The maximum absolute atomic E-state index is 11.6. The highest BCUT2D eigenvalue weighted by Gasteiger charge is 2.16. The van der Waals surface area contributed by atoms with E-state index in [4.69, 9.17) is 16.3 Å². The van der Waals surface area contributed by atoms with Crippen LogP contribution in [0.5, 0.6) is 0 Å². The number of hydrogen-bond donors (Lipinski definition) is 0. The summed E-state index contributed by atoms with van der Waals surface area (Å²) in [5.41, 5.74) is 2.22. The van der Waals surface area contributed by atoms with Crippen molar-refractivity contribution in [2.75, 3.05) is 7.11 Å². The fourth-order valence-electron chi connectivity index (χ4n) is 1.44. The van der Waals surface area contributed by atoms with E-state index in [1.807, 2.05) is 12.1 Å². The zero-order valence-corrected chi connectivity index (χ0v) is 11.4. The molecule has 0 saturated carbocycles. The summed E-state index contributed by atoms with van der Waals surface area (Å²) in [7, 11) is 1.37. The van der Waals surface area contributed by atoms with Crippen LogP contribution in [0.25, 0.3) is 5.57 Å². The van der Waals surface area contributed by atoms with Crippen LogP contribution < -0.4 is 0 Å². The number of carbonyl (C=O) groups excluding carboxylic acids is 1. The second-order valence-electron chi connectivity index (χ2n) is 3.09. The van der Waals surface area contributed by atoms with Gasteiger partial charge in [0.05, 0.1) is 12.7 Å². The van der Waals surface area contributed by atoms with Gasteiger partial charge in [0.25, 0.3) is 0 Å². The van der Waals surface area contributed by atoms with Crippen molar-refractivity contribution in [2.45, 2.75) is 12.3 Å². The molecule has 0 unspecified atom stereocenters. The minimum Gasteiger partial charge on any atom is -0.465 e. The molecular formula is C12H12BrClO2. The number of benzene rings is 1. The first-order chi connectivity index (χ1) is 7.65. The summed E-state index contributed by atoms with van der Waals surface area (Å²) < 4.78 is 4.73. The Labute approximate surface area is 108 Å². The van der Waals surface area contributed by atoms with Crippen LogP contribution >= 0.6 is 27.5 Å². The molecule has 0 aliphatic rings. The number of carbonyl (C=O) groups is 1. The SMILES string of the molecule is CC=C(C(=O)OC)c1cccc(Cl)c1CBr. The summed E-state index contributed by atoms with van der Waals surface area (Å²) in [5, 5.41) is 1.23. The Morgan fingerprint density at radius 3 is 2.75 bits per heavy atom. The number of ether oxygens (including phenoxy) is 1. The molecule has 0 aliphatic heterocycles. The molecule has 0 amide bonds. The second kappa shape index (κ2) is 6.06. The van der Waals surface area contributed by atoms with Gasteiger partial charge in [-0.25, -0.2) is 4.79 Å². The molecule has 16 heavy (non-hydrogen) atoms. The van der Waals surface area contributed by atoms with Gasteiger partial charge < -0.3 is 4.74 Å². The summed E-state index contributed by atoms with van der Waals surface area (Å²) in [4.78, 5) is 11.6. The van der Waals surface area contributed by atoms with Gasteiger partial charge in [0.15, 0.2) is 0 Å². The number of methoxy groups -OCH3 is 1. The van der Waals surface area contributed by atoms with Crippen LogP contribution in [0.1, 0.15) is 18.1 Å². The van der Waals surface area contributed by atoms with Crippen LogP contribution in [0.2, 0.25) is 5.02 Å². The van der Waals surface area contributed by atoms with E-state index >= 15 is 0 Å². The quantitative estimate of drug-likeness (QED) is 0.482. The minimum atomic E-state index is -0.355. The lowest BCUT2D eigenvalue weighted by Crippen LogP contribution is -2.05. The first kappa shape index (κ1) is 13.3. The zero-order chi connectivity index (χ0) is 12.1. The Morgan fingerprint density at radius 2 is 2.25 bits per heavy atom. The average Bonchev–Trinajstić information content (AvgIpc) is 2.30. The molecule has 0 aromatic heterocycles. The third-order valence-corrected chi connectivity index (χ3v) is 3.15. The first-order valence-electron chi connectivity index (χ1n) is 4.74. The molecule has 1 rings (SSSR count). The maximum Gasteiger partial charge on any atom is 0.338 e. The van der Waals surface area contributed by atoms with Gasteiger partial charge in [-0.15, -0.1) is 0 Å². The van der Waals surface area contributed by atoms with Gasteiger partial charge in [-0.1, -0.05) is 45.7 Å². The third-order valence-electron chi connectivity index (χ3n) is 2.24. The Kier molecular flexibility index (Phi) is 5.03. The fraction of sp³-hybridized carbons (Fsp3) is 0.250. The summed E-state index contributed by atoms with van der Waals surface area (Å²) in [6.07, 6.45) is 1.73. The zero-order valence-electron chi connectivity index (χ0n) is 9.09. The van der Waals surface area contributed by atoms with Gasteiger partial charge in [-0.05, 0) is 24.1 Å². The first-order valence-corrected chi connectivity index (χ1v) is 6.24. The Morgan fingerprint density at radius 1 is 1.56 bits per heavy atom. The van der Waals surface area contributed by atoms with E-state index in [0.29, 0.717) is 15.9 Å². The van der Waals surface area contributed by atoms with E-state index in [1.54, 1.807) is 19.1 Å². The molecule has 4 heteroatoms. The fourth-order valence-corrected chi connectivity index (χ4v) is 2.45. The van der Waals surface area contributed by atoms with E-state index in [2.05, 4.69) is 15.9 Å². The summed E-state index contributed by atoms with van der Waals surface area (Å²) in [6, 6.07) is 5.47. The highest BCUT2D eigenvalue weighted by molar-refractivity contribution is 9.08. The molecule has 86 valence electrons. The standard InChI is InChI=1S/C12H12BrClO2/c1-3-8(12(15)16-2)9-5-4-6-11(14)10(9)7-13/h3-6H,7H2,1-2H3. The summed E-state index contributed by atoms with van der Waals surface area (Å²) >= 11 is 9.43. The van der Waals surface area contributed by atoms with Gasteiger partial charge in [0.2, 0.25) is 0 Å². The maximum atomic E-state index is 11.6. The summed E-state index contributed by atoms with van der Waals surface area (Å²) in [5.74, 6) is -0.355. The van der Waals surface area contributed by atoms with Crippen molar-refractivity contribution in [3.05, 3.63) is 40.4 Å². The monoisotopic (exact) mass is 302 g/mol.